The Bertz CT molecular complexity index is 259. The molecule has 1 aromatic heterocycles. The molecule has 2 nitrogen and oxygen atoms in total. The number of rotatable bonds is 4. The summed E-state index contributed by atoms with van der Waals surface area (Å²) in [5.41, 5.74) is 1.33. The lowest BCUT2D eigenvalue weighted by Gasteiger charge is -2.17. The van der Waals surface area contributed by atoms with Gasteiger partial charge in [0.15, 0.2) is 0 Å². The number of hydrogen-bond donors (Lipinski definition) is 2. The molecule has 0 amide bonds. The van der Waals surface area contributed by atoms with Gasteiger partial charge in [0.25, 0.3) is 0 Å². The van der Waals surface area contributed by atoms with Crippen molar-refractivity contribution in [1.29, 1.82) is 0 Å². The van der Waals surface area contributed by atoms with E-state index in [4.69, 9.17) is 5.11 Å². The first kappa shape index (κ1) is 10.7. The van der Waals surface area contributed by atoms with Gasteiger partial charge in [0.05, 0.1) is 6.61 Å². The first-order valence-electron chi connectivity index (χ1n) is 4.56. The molecule has 0 saturated carbocycles. The second kappa shape index (κ2) is 4.74. The summed E-state index contributed by atoms with van der Waals surface area (Å²) >= 11 is 1.77. The van der Waals surface area contributed by atoms with E-state index in [0.717, 1.165) is 0 Å². The van der Waals surface area contributed by atoms with Gasteiger partial charge in [0, 0.05) is 17.0 Å². The summed E-state index contributed by atoms with van der Waals surface area (Å²) in [6, 6.07) is 2.63. The van der Waals surface area contributed by atoms with Crippen molar-refractivity contribution in [3.8, 4) is 0 Å². The average molecular weight is 199 g/mol. The Morgan fingerprint density at radius 1 is 1.54 bits per heavy atom. The maximum absolute atomic E-state index is 8.89. The molecule has 0 aliphatic rings. The SMILES string of the molecule is Cc1ccsc1C(C)N[C@H](C)CO. The summed E-state index contributed by atoms with van der Waals surface area (Å²) < 4.78 is 0. The van der Waals surface area contributed by atoms with Crippen LogP contribution < -0.4 is 5.32 Å². The Labute approximate surface area is 83.6 Å². The molecule has 74 valence electrons. The van der Waals surface area contributed by atoms with Crippen molar-refractivity contribution in [3.63, 3.8) is 0 Å². The predicted octanol–water partition coefficient (Wildman–Crippen LogP) is 2.09. The van der Waals surface area contributed by atoms with Crippen molar-refractivity contribution in [2.75, 3.05) is 6.61 Å². The predicted molar refractivity (Wildman–Crippen MR) is 57.2 cm³/mol. The number of thiophene rings is 1. The molecule has 0 bridgehead atoms. The smallest absolute Gasteiger partial charge is 0.0582 e. The fraction of sp³-hybridized carbons (Fsp3) is 0.600. The lowest BCUT2D eigenvalue weighted by Crippen LogP contribution is -2.31. The van der Waals surface area contributed by atoms with Crippen LogP contribution in [0.4, 0.5) is 0 Å². The summed E-state index contributed by atoms with van der Waals surface area (Å²) in [6.45, 7) is 6.42. The standard InChI is InChI=1S/C10H17NOS/c1-7-4-5-13-10(7)9(3)11-8(2)6-12/h4-5,8-9,11-12H,6H2,1-3H3/t8-,9?/m1/s1. The third-order valence-electron chi connectivity index (χ3n) is 2.10. The first-order valence-corrected chi connectivity index (χ1v) is 5.44. The molecular weight excluding hydrogens is 182 g/mol. The van der Waals surface area contributed by atoms with Crippen molar-refractivity contribution in [2.24, 2.45) is 0 Å². The van der Waals surface area contributed by atoms with Crippen LogP contribution in [0.3, 0.4) is 0 Å². The highest BCUT2D eigenvalue weighted by Crippen LogP contribution is 2.23. The minimum absolute atomic E-state index is 0.163. The van der Waals surface area contributed by atoms with Crippen LogP contribution in [0.5, 0.6) is 0 Å². The van der Waals surface area contributed by atoms with Crippen LogP contribution in [0.2, 0.25) is 0 Å². The minimum Gasteiger partial charge on any atom is -0.395 e. The van der Waals surface area contributed by atoms with Gasteiger partial charge in [-0.25, -0.2) is 0 Å². The van der Waals surface area contributed by atoms with Crippen LogP contribution in [-0.4, -0.2) is 17.8 Å². The Balaban J connectivity index is 2.58. The zero-order chi connectivity index (χ0) is 9.84. The van der Waals surface area contributed by atoms with Gasteiger partial charge in [-0.1, -0.05) is 0 Å². The molecule has 0 spiro atoms. The zero-order valence-electron chi connectivity index (χ0n) is 8.37. The summed E-state index contributed by atoms with van der Waals surface area (Å²) in [7, 11) is 0. The molecule has 2 atom stereocenters. The Kier molecular flexibility index (Phi) is 3.90. The van der Waals surface area contributed by atoms with E-state index in [1.165, 1.54) is 10.4 Å². The van der Waals surface area contributed by atoms with Crippen molar-refractivity contribution in [1.82, 2.24) is 5.32 Å². The summed E-state index contributed by atoms with van der Waals surface area (Å²) in [5.74, 6) is 0. The second-order valence-corrected chi connectivity index (χ2v) is 4.39. The van der Waals surface area contributed by atoms with Gasteiger partial charge in [0.2, 0.25) is 0 Å². The molecule has 3 heteroatoms. The average Bonchev–Trinajstić information content (AvgIpc) is 2.51. The van der Waals surface area contributed by atoms with Gasteiger partial charge in [-0.05, 0) is 37.8 Å². The van der Waals surface area contributed by atoms with Gasteiger partial charge >= 0.3 is 0 Å². The second-order valence-electron chi connectivity index (χ2n) is 3.44. The number of aliphatic hydroxyl groups excluding tert-OH is 1. The fourth-order valence-corrected chi connectivity index (χ4v) is 2.33. The molecule has 1 aromatic rings. The van der Waals surface area contributed by atoms with Crippen molar-refractivity contribution in [3.05, 3.63) is 21.9 Å². The maximum Gasteiger partial charge on any atom is 0.0582 e. The maximum atomic E-state index is 8.89. The van der Waals surface area contributed by atoms with E-state index in [-0.39, 0.29) is 12.6 Å². The van der Waals surface area contributed by atoms with Gasteiger partial charge < -0.3 is 10.4 Å². The lowest BCUT2D eigenvalue weighted by atomic mass is 10.2. The third-order valence-corrected chi connectivity index (χ3v) is 3.30. The molecule has 0 aromatic carbocycles. The van der Waals surface area contributed by atoms with Crippen LogP contribution in [0.15, 0.2) is 11.4 Å². The largest absolute Gasteiger partial charge is 0.395 e. The van der Waals surface area contributed by atoms with E-state index in [1.54, 1.807) is 11.3 Å². The summed E-state index contributed by atoms with van der Waals surface area (Å²) in [4.78, 5) is 1.36. The van der Waals surface area contributed by atoms with E-state index in [9.17, 15) is 0 Å². The molecule has 0 saturated heterocycles. The number of hydrogen-bond acceptors (Lipinski definition) is 3. The molecule has 0 fully saturated rings. The molecule has 1 heterocycles. The van der Waals surface area contributed by atoms with Crippen LogP contribution in [0.25, 0.3) is 0 Å². The van der Waals surface area contributed by atoms with Gasteiger partial charge in [-0.2, -0.15) is 0 Å². The highest BCUT2D eigenvalue weighted by Gasteiger charge is 2.11. The van der Waals surface area contributed by atoms with E-state index in [1.807, 2.05) is 6.92 Å². The molecule has 13 heavy (non-hydrogen) atoms. The highest BCUT2D eigenvalue weighted by atomic mass is 32.1. The number of aliphatic hydroxyl groups is 1. The van der Waals surface area contributed by atoms with Crippen LogP contribution in [0, 0.1) is 6.92 Å². The molecular formula is C10H17NOS. The van der Waals surface area contributed by atoms with E-state index in [0.29, 0.717) is 6.04 Å². The monoisotopic (exact) mass is 199 g/mol. The third kappa shape index (κ3) is 2.79. The molecule has 2 N–H and O–H groups in total. The van der Waals surface area contributed by atoms with Crippen molar-refractivity contribution >= 4 is 11.3 Å². The van der Waals surface area contributed by atoms with Crippen molar-refractivity contribution in [2.45, 2.75) is 32.9 Å². The molecule has 0 radical (unpaired) electrons. The van der Waals surface area contributed by atoms with E-state index < -0.39 is 0 Å². The van der Waals surface area contributed by atoms with Crippen LogP contribution >= 0.6 is 11.3 Å². The number of nitrogens with one attached hydrogen (secondary N) is 1. The molecule has 1 unspecified atom stereocenters. The molecule has 0 aliphatic heterocycles. The molecule has 0 aliphatic carbocycles. The Morgan fingerprint density at radius 3 is 2.69 bits per heavy atom. The van der Waals surface area contributed by atoms with Crippen LogP contribution in [-0.2, 0) is 0 Å². The topological polar surface area (TPSA) is 32.3 Å². The van der Waals surface area contributed by atoms with Gasteiger partial charge in [-0.3, -0.25) is 0 Å². The number of aryl methyl sites for hydroxylation is 1. The molecule has 1 rings (SSSR count). The normalized spacial score (nSPS) is 15.7. The van der Waals surface area contributed by atoms with E-state index in [2.05, 4.69) is 30.6 Å². The highest BCUT2D eigenvalue weighted by molar-refractivity contribution is 7.10. The van der Waals surface area contributed by atoms with Crippen molar-refractivity contribution < 1.29 is 5.11 Å². The first-order chi connectivity index (χ1) is 6.15. The summed E-state index contributed by atoms with van der Waals surface area (Å²) in [5, 5.41) is 14.3. The van der Waals surface area contributed by atoms with Gasteiger partial charge in [-0.15, -0.1) is 11.3 Å². The quantitative estimate of drug-likeness (QED) is 0.778. The Morgan fingerprint density at radius 2 is 2.23 bits per heavy atom. The van der Waals surface area contributed by atoms with E-state index >= 15 is 0 Å². The van der Waals surface area contributed by atoms with Gasteiger partial charge in [0.1, 0.15) is 0 Å². The Hall–Kier alpha value is -0.380. The van der Waals surface area contributed by atoms with Crippen LogP contribution in [0.1, 0.15) is 30.3 Å². The minimum atomic E-state index is 0.163. The fourth-order valence-electron chi connectivity index (χ4n) is 1.38. The zero-order valence-corrected chi connectivity index (χ0v) is 9.19. The summed E-state index contributed by atoms with van der Waals surface area (Å²) in [6.07, 6.45) is 0. The lowest BCUT2D eigenvalue weighted by molar-refractivity contribution is 0.243.